The van der Waals surface area contributed by atoms with Crippen molar-refractivity contribution >= 4 is 62.2 Å². The second-order valence-corrected chi connectivity index (χ2v) is 8.18. The van der Waals surface area contributed by atoms with Crippen LogP contribution < -0.4 is 10.2 Å². The highest BCUT2D eigenvalue weighted by Crippen LogP contribution is 2.28. The summed E-state index contributed by atoms with van der Waals surface area (Å²) in [5.41, 5.74) is 1.93. The van der Waals surface area contributed by atoms with Gasteiger partial charge >= 0.3 is 6.03 Å². The van der Waals surface area contributed by atoms with Crippen LogP contribution in [0.1, 0.15) is 11.7 Å². The molecule has 1 unspecified atom stereocenters. The van der Waals surface area contributed by atoms with Gasteiger partial charge in [0.25, 0.3) is 0 Å². The fourth-order valence-corrected chi connectivity index (χ4v) is 3.41. The molecule has 3 aromatic carbocycles. The molecule has 2 amide bonds. The summed E-state index contributed by atoms with van der Waals surface area (Å²) < 4.78 is 0.862. The Morgan fingerprint density at radius 1 is 1.07 bits per heavy atom. The highest BCUT2D eigenvalue weighted by atomic mass is 79.9. The Hall–Kier alpha value is -2.56. The molecule has 0 aliphatic carbocycles. The first-order chi connectivity index (χ1) is 14.4. The van der Waals surface area contributed by atoms with Crippen LogP contribution in [-0.2, 0) is 0 Å². The molecule has 0 radical (unpaired) electrons. The summed E-state index contributed by atoms with van der Waals surface area (Å²) in [4.78, 5) is 17.8. The minimum atomic E-state index is -1.05. The molecule has 0 aliphatic rings. The van der Waals surface area contributed by atoms with Crippen LogP contribution in [0.4, 0.5) is 21.9 Å². The Morgan fingerprint density at radius 3 is 2.37 bits per heavy atom. The van der Waals surface area contributed by atoms with Crippen LogP contribution in [0.5, 0.6) is 0 Å². The van der Waals surface area contributed by atoms with Gasteiger partial charge in [0.15, 0.2) is 5.69 Å². The molecule has 30 heavy (non-hydrogen) atoms. The lowest BCUT2D eigenvalue weighted by Crippen LogP contribution is -2.38. The number of nitrogens with zero attached hydrogens (tertiary/aromatic N) is 2. The molecule has 0 bridgehead atoms. The van der Waals surface area contributed by atoms with Gasteiger partial charge < -0.3 is 10.4 Å². The molecule has 0 spiro atoms. The van der Waals surface area contributed by atoms with E-state index in [0.717, 1.165) is 4.47 Å². The summed E-state index contributed by atoms with van der Waals surface area (Å²) in [7, 11) is 0. The molecule has 0 aromatic heterocycles. The largest absolute Gasteiger partial charge is 0.387 e. The topological polar surface area (TPSA) is 56.9 Å². The van der Waals surface area contributed by atoms with E-state index >= 15 is 0 Å². The van der Waals surface area contributed by atoms with E-state index < -0.39 is 12.1 Å². The third-order valence-electron chi connectivity index (χ3n) is 4.25. The first kappa shape index (κ1) is 22.1. The summed E-state index contributed by atoms with van der Waals surface area (Å²) in [5.74, 6) is 0. The third-order valence-corrected chi connectivity index (χ3v) is 5.25. The highest BCUT2D eigenvalue weighted by Gasteiger charge is 2.21. The van der Waals surface area contributed by atoms with E-state index in [1.165, 1.54) is 11.0 Å². The summed E-state index contributed by atoms with van der Waals surface area (Å²) >= 11 is 15.3. The van der Waals surface area contributed by atoms with Crippen molar-refractivity contribution < 1.29 is 9.90 Å². The molecule has 0 fully saturated rings. The number of carbonyl (C=O) groups is 1. The van der Waals surface area contributed by atoms with Crippen LogP contribution in [-0.4, -0.2) is 17.7 Å². The average molecular weight is 505 g/mol. The minimum Gasteiger partial charge on any atom is -0.387 e. The molecule has 1 atom stereocenters. The average Bonchev–Trinajstić information content (AvgIpc) is 2.73. The van der Waals surface area contributed by atoms with E-state index in [9.17, 15) is 9.90 Å². The van der Waals surface area contributed by atoms with Crippen molar-refractivity contribution in [3.8, 4) is 0 Å². The predicted octanol–water partition coefficient (Wildman–Crippen LogP) is 7.08. The number of amides is 2. The number of rotatable bonds is 5. The van der Waals surface area contributed by atoms with Gasteiger partial charge in [-0.05, 0) is 66.2 Å². The monoisotopic (exact) mass is 503 g/mol. The quantitative estimate of drug-likeness (QED) is 0.365. The van der Waals surface area contributed by atoms with Crippen LogP contribution in [0.15, 0.2) is 71.2 Å². The van der Waals surface area contributed by atoms with Crippen LogP contribution in [0, 0.1) is 6.57 Å². The molecular weight excluding hydrogens is 489 g/mol. The van der Waals surface area contributed by atoms with Crippen molar-refractivity contribution in [2.24, 2.45) is 0 Å². The number of urea groups is 1. The van der Waals surface area contributed by atoms with E-state index in [2.05, 4.69) is 26.1 Å². The molecule has 0 saturated carbocycles. The van der Waals surface area contributed by atoms with Crippen molar-refractivity contribution in [2.45, 2.75) is 6.10 Å². The zero-order chi connectivity index (χ0) is 21.7. The number of hydrogen-bond acceptors (Lipinski definition) is 2. The lowest BCUT2D eigenvalue weighted by atomic mass is 10.1. The van der Waals surface area contributed by atoms with Crippen LogP contribution in [0.25, 0.3) is 4.85 Å². The van der Waals surface area contributed by atoms with Crippen molar-refractivity contribution in [2.75, 3.05) is 16.8 Å². The molecule has 0 saturated heterocycles. The zero-order valence-corrected chi connectivity index (χ0v) is 18.6. The molecular formula is C22H16BrCl2N3O2. The number of nitrogens with one attached hydrogen (secondary N) is 1. The SMILES string of the molecule is [C-]#[N+]c1cc(Cl)cc(C(O)CN(C(=O)Nc2ccc(Cl)cc2)c2ccc(Br)cc2)c1. The van der Waals surface area contributed by atoms with Gasteiger partial charge in [-0.3, -0.25) is 4.90 Å². The van der Waals surface area contributed by atoms with Crippen LogP contribution in [0.2, 0.25) is 10.0 Å². The lowest BCUT2D eigenvalue weighted by molar-refractivity contribution is 0.183. The summed E-state index contributed by atoms with van der Waals surface area (Å²) in [6.45, 7) is 7.14. The van der Waals surface area contributed by atoms with Crippen molar-refractivity contribution in [1.82, 2.24) is 0 Å². The number of aliphatic hydroxyl groups excluding tert-OH is 1. The fraction of sp³-hybridized carbons (Fsp3) is 0.0909. The van der Waals surface area contributed by atoms with Gasteiger partial charge in [0.2, 0.25) is 0 Å². The smallest absolute Gasteiger partial charge is 0.326 e. The maximum Gasteiger partial charge on any atom is 0.326 e. The molecule has 5 nitrogen and oxygen atoms in total. The molecule has 152 valence electrons. The fourth-order valence-electron chi connectivity index (χ4n) is 2.78. The van der Waals surface area contributed by atoms with E-state index in [1.54, 1.807) is 60.7 Å². The molecule has 0 heterocycles. The van der Waals surface area contributed by atoms with Gasteiger partial charge in [0, 0.05) is 25.9 Å². The number of hydrogen-bond donors (Lipinski definition) is 2. The Morgan fingerprint density at radius 2 is 1.73 bits per heavy atom. The van der Waals surface area contributed by atoms with E-state index in [4.69, 9.17) is 29.8 Å². The number of halogens is 3. The van der Waals surface area contributed by atoms with E-state index in [0.29, 0.717) is 32.7 Å². The third kappa shape index (κ3) is 5.74. The second-order valence-electron chi connectivity index (χ2n) is 6.39. The molecule has 3 aromatic rings. The van der Waals surface area contributed by atoms with Gasteiger partial charge in [-0.15, -0.1) is 0 Å². The maximum atomic E-state index is 13.0. The van der Waals surface area contributed by atoms with Crippen LogP contribution in [0.3, 0.4) is 0 Å². The zero-order valence-electron chi connectivity index (χ0n) is 15.5. The maximum absolute atomic E-state index is 13.0. The van der Waals surface area contributed by atoms with Gasteiger partial charge in [-0.25, -0.2) is 9.64 Å². The number of carbonyl (C=O) groups excluding carboxylic acids is 1. The molecule has 3 rings (SSSR count). The first-order valence-electron chi connectivity index (χ1n) is 8.81. The number of aliphatic hydroxyl groups is 1. The summed E-state index contributed by atoms with van der Waals surface area (Å²) in [5, 5.41) is 14.5. The van der Waals surface area contributed by atoms with Gasteiger partial charge in [0.1, 0.15) is 0 Å². The van der Waals surface area contributed by atoms with Gasteiger partial charge in [-0.2, -0.15) is 0 Å². The Labute approximate surface area is 192 Å². The van der Waals surface area contributed by atoms with E-state index in [-0.39, 0.29) is 6.54 Å². The number of benzene rings is 3. The van der Waals surface area contributed by atoms with Gasteiger partial charge in [-0.1, -0.05) is 45.2 Å². The molecule has 8 heteroatoms. The Balaban J connectivity index is 1.88. The normalized spacial score (nSPS) is 11.4. The highest BCUT2D eigenvalue weighted by molar-refractivity contribution is 9.10. The molecule has 2 N–H and O–H groups in total. The van der Waals surface area contributed by atoms with Crippen molar-refractivity contribution in [3.63, 3.8) is 0 Å². The second kappa shape index (κ2) is 9.96. The number of anilines is 2. The minimum absolute atomic E-state index is 0.0428. The summed E-state index contributed by atoms with van der Waals surface area (Å²) in [6, 6.07) is 18.1. The van der Waals surface area contributed by atoms with Crippen LogP contribution >= 0.6 is 39.1 Å². The Bertz CT molecular complexity index is 1080. The lowest BCUT2D eigenvalue weighted by Gasteiger charge is -2.26. The van der Waals surface area contributed by atoms with Crippen molar-refractivity contribution in [1.29, 1.82) is 0 Å². The van der Waals surface area contributed by atoms with Gasteiger partial charge in [0.05, 0.1) is 19.2 Å². The standard InChI is InChI=1S/C22H16BrCl2N3O2/c1-26-19-11-14(10-17(25)12-19)21(29)13-28(20-8-2-15(23)3-9-20)22(30)27-18-6-4-16(24)5-7-18/h2-12,21,29H,13H2,(H,27,30). The summed E-state index contributed by atoms with van der Waals surface area (Å²) in [6.07, 6.45) is -1.05. The van der Waals surface area contributed by atoms with E-state index in [1.807, 2.05) is 0 Å². The Kier molecular flexibility index (Phi) is 7.35. The first-order valence-corrected chi connectivity index (χ1v) is 10.4. The molecule has 0 aliphatic heterocycles. The van der Waals surface area contributed by atoms with Crippen molar-refractivity contribution in [3.05, 3.63) is 98.2 Å². The predicted molar refractivity (Wildman–Crippen MR) is 125 cm³/mol.